The Morgan fingerprint density at radius 1 is 1.58 bits per heavy atom. The summed E-state index contributed by atoms with van der Waals surface area (Å²) >= 11 is 1.07. The van der Waals surface area contributed by atoms with Crippen LogP contribution in [0.1, 0.15) is 10.8 Å². The van der Waals surface area contributed by atoms with Crippen molar-refractivity contribution < 1.29 is 13.3 Å². The van der Waals surface area contributed by atoms with Crippen molar-refractivity contribution in [1.82, 2.24) is 19.7 Å². The standard InChI is InChI=1S/C8H7N5O4S2/c1-12-6(9-3-7(12)13(14)15)2-5(19(16)17)8-11-10-4-18-8/h3-4H,2H2,1H3. The zero-order chi connectivity index (χ0) is 14.0. The molecule has 0 unspecified atom stereocenters. The van der Waals surface area contributed by atoms with Crippen LogP contribution >= 0.6 is 11.3 Å². The lowest BCUT2D eigenvalue weighted by molar-refractivity contribution is -0.391. The molecule has 0 radical (unpaired) electrons. The highest BCUT2D eigenvalue weighted by Gasteiger charge is 2.20. The summed E-state index contributed by atoms with van der Waals surface area (Å²) in [6, 6.07) is 0. The lowest BCUT2D eigenvalue weighted by Crippen LogP contribution is -2.11. The number of aromatic nitrogens is 4. The van der Waals surface area contributed by atoms with Gasteiger partial charge >= 0.3 is 5.82 Å². The number of hydrogen-bond donors (Lipinski definition) is 0. The van der Waals surface area contributed by atoms with Gasteiger partial charge in [0.25, 0.3) is 0 Å². The molecule has 2 aromatic rings. The molecule has 2 heterocycles. The summed E-state index contributed by atoms with van der Waals surface area (Å²) in [7, 11) is -1.04. The summed E-state index contributed by atoms with van der Waals surface area (Å²) in [6.07, 6.45) is 1.01. The number of nitrogens with zero attached hydrogens (tertiary/aromatic N) is 5. The summed E-state index contributed by atoms with van der Waals surface area (Å²) in [5, 5.41) is 18.2. The second-order valence-electron chi connectivity index (χ2n) is 3.43. The molecule has 100 valence electrons. The van der Waals surface area contributed by atoms with Crippen molar-refractivity contribution in [2.24, 2.45) is 7.05 Å². The quantitative estimate of drug-likeness (QED) is 0.332. The average molecular weight is 301 g/mol. The monoisotopic (exact) mass is 301 g/mol. The van der Waals surface area contributed by atoms with Gasteiger partial charge in [-0.15, -0.1) is 10.2 Å². The normalized spacial score (nSPS) is 10.4. The van der Waals surface area contributed by atoms with Gasteiger partial charge in [-0.05, 0) is 4.92 Å². The van der Waals surface area contributed by atoms with Gasteiger partial charge in [-0.25, -0.2) is 9.55 Å². The molecule has 0 N–H and O–H groups in total. The highest BCUT2D eigenvalue weighted by molar-refractivity contribution is 7.73. The Morgan fingerprint density at radius 2 is 2.32 bits per heavy atom. The molecule has 0 aliphatic heterocycles. The lowest BCUT2D eigenvalue weighted by Gasteiger charge is -1.98. The van der Waals surface area contributed by atoms with E-state index in [-0.39, 0.29) is 27.9 Å². The van der Waals surface area contributed by atoms with E-state index in [0.29, 0.717) is 0 Å². The van der Waals surface area contributed by atoms with E-state index in [1.807, 2.05) is 0 Å². The second kappa shape index (κ2) is 5.24. The van der Waals surface area contributed by atoms with Gasteiger partial charge in [0.05, 0.1) is 13.5 Å². The fourth-order valence-corrected chi connectivity index (χ4v) is 2.69. The van der Waals surface area contributed by atoms with Crippen LogP contribution in [-0.2, 0) is 23.8 Å². The molecule has 11 heteroatoms. The van der Waals surface area contributed by atoms with Gasteiger partial charge in [0, 0.05) is 0 Å². The van der Waals surface area contributed by atoms with E-state index < -0.39 is 15.2 Å². The summed E-state index contributed by atoms with van der Waals surface area (Å²) in [5.74, 6) is 0.0596. The Hall–Kier alpha value is -2.14. The fourth-order valence-electron chi connectivity index (χ4n) is 1.42. The van der Waals surface area contributed by atoms with Gasteiger partial charge in [-0.2, -0.15) is 8.42 Å². The first kappa shape index (κ1) is 13.3. The summed E-state index contributed by atoms with van der Waals surface area (Å²) in [4.78, 5) is 13.9. The molecule has 0 aliphatic carbocycles. The van der Waals surface area contributed by atoms with Crippen molar-refractivity contribution >= 4 is 32.3 Å². The number of rotatable bonds is 4. The van der Waals surface area contributed by atoms with E-state index in [4.69, 9.17) is 0 Å². The SMILES string of the molecule is Cn1c([N+](=O)[O-])cnc1CC(c1nncs1)=S(=O)=O. The number of imidazole rings is 1. The van der Waals surface area contributed by atoms with Crippen molar-refractivity contribution in [2.75, 3.05) is 0 Å². The average Bonchev–Trinajstić information content (AvgIpc) is 2.95. The Balaban J connectivity index is 2.40. The maximum absolute atomic E-state index is 11.2. The molecule has 2 rings (SSSR count). The lowest BCUT2D eigenvalue weighted by atomic mass is 10.3. The van der Waals surface area contributed by atoms with Crippen LogP contribution in [0, 0.1) is 10.1 Å². The summed E-state index contributed by atoms with van der Waals surface area (Å²) in [5.41, 5.74) is 1.41. The van der Waals surface area contributed by atoms with Gasteiger partial charge < -0.3 is 10.1 Å². The minimum Gasteiger partial charge on any atom is -0.358 e. The molecule has 0 amide bonds. The van der Waals surface area contributed by atoms with Crippen LogP contribution in [0.25, 0.3) is 0 Å². The predicted octanol–water partition coefficient (Wildman–Crippen LogP) is -0.178. The third-order valence-corrected chi connectivity index (χ3v) is 3.99. The van der Waals surface area contributed by atoms with Crippen molar-refractivity contribution in [3.8, 4) is 0 Å². The second-order valence-corrected chi connectivity index (χ2v) is 5.22. The number of nitro groups is 1. The molecule has 0 fully saturated rings. The zero-order valence-corrected chi connectivity index (χ0v) is 11.2. The molecule has 0 saturated carbocycles. The topological polar surface area (TPSA) is 121 Å². The van der Waals surface area contributed by atoms with Crippen LogP contribution in [0.5, 0.6) is 0 Å². The Kier molecular flexibility index (Phi) is 3.66. The minimum absolute atomic E-state index is 0.00565. The summed E-state index contributed by atoms with van der Waals surface area (Å²) < 4.78 is 23.6. The maximum Gasteiger partial charge on any atom is 0.342 e. The van der Waals surface area contributed by atoms with Gasteiger partial charge in [-0.1, -0.05) is 11.3 Å². The third kappa shape index (κ3) is 2.66. The third-order valence-electron chi connectivity index (χ3n) is 2.37. The van der Waals surface area contributed by atoms with Crippen LogP contribution < -0.4 is 0 Å². The van der Waals surface area contributed by atoms with E-state index in [2.05, 4.69) is 15.2 Å². The van der Waals surface area contributed by atoms with Gasteiger partial charge in [0.1, 0.15) is 16.6 Å². The van der Waals surface area contributed by atoms with Crippen molar-refractivity contribution in [1.29, 1.82) is 0 Å². The van der Waals surface area contributed by atoms with E-state index >= 15 is 0 Å². The Labute approximate surface area is 112 Å². The Morgan fingerprint density at radius 3 is 2.79 bits per heavy atom. The molecular formula is C8H7N5O4S2. The first-order chi connectivity index (χ1) is 9.00. The highest BCUT2D eigenvalue weighted by Crippen LogP contribution is 2.14. The number of hydrogen-bond acceptors (Lipinski definition) is 8. The van der Waals surface area contributed by atoms with E-state index in [1.54, 1.807) is 0 Å². The van der Waals surface area contributed by atoms with Gasteiger partial charge in [0.15, 0.2) is 5.01 Å². The minimum atomic E-state index is -2.49. The molecule has 0 spiro atoms. The molecule has 0 atom stereocenters. The van der Waals surface area contributed by atoms with E-state index in [9.17, 15) is 18.5 Å². The van der Waals surface area contributed by atoms with E-state index in [1.165, 1.54) is 17.1 Å². The molecule has 0 bridgehead atoms. The first-order valence-electron chi connectivity index (χ1n) is 4.87. The smallest absolute Gasteiger partial charge is 0.342 e. The molecule has 9 nitrogen and oxygen atoms in total. The molecule has 19 heavy (non-hydrogen) atoms. The van der Waals surface area contributed by atoms with Crippen LogP contribution in [0.4, 0.5) is 5.82 Å². The van der Waals surface area contributed by atoms with Crippen molar-refractivity contribution in [3.63, 3.8) is 0 Å². The van der Waals surface area contributed by atoms with Crippen LogP contribution in [0.15, 0.2) is 11.7 Å². The van der Waals surface area contributed by atoms with Crippen LogP contribution in [0.3, 0.4) is 0 Å². The molecule has 2 aromatic heterocycles. The molecular weight excluding hydrogens is 294 g/mol. The maximum atomic E-state index is 11.2. The summed E-state index contributed by atoms with van der Waals surface area (Å²) in [6.45, 7) is 0. The predicted molar refractivity (Wildman–Crippen MR) is 66.5 cm³/mol. The van der Waals surface area contributed by atoms with Gasteiger partial charge in [0.2, 0.25) is 16.1 Å². The van der Waals surface area contributed by atoms with Crippen LogP contribution in [-0.4, -0.2) is 38.0 Å². The van der Waals surface area contributed by atoms with Gasteiger partial charge in [-0.3, -0.25) is 0 Å². The Bertz CT molecular complexity index is 738. The highest BCUT2D eigenvalue weighted by atomic mass is 32.2. The largest absolute Gasteiger partial charge is 0.358 e. The van der Waals surface area contributed by atoms with Crippen molar-refractivity contribution in [3.05, 3.63) is 32.7 Å². The zero-order valence-electron chi connectivity index (χ0n) is 9.55. The first-order valence-corrected chi connectivity index (χ1v) is 6.82. The fraction of sp³-hybridized carbons (Fsp3) is 0.250. The molecule has 0 aliphatic rings. The molecule has 0 aromatic carbocycles. The molecule has 0 saturated heterocycles. The van der Waals surface area contributed by atoms with E-state index in [0.717, 1.165) is 17.5 Å². The van der Waals surface area contributed by atoms with Crippen molar-refractivity contribution in [2.45, 2.75) is 6.42 Å². The van der Waals surface area contributed by atoms with Crippen LogP contribution in [0.2, 0.25) is 0 Å².